The van der Waals surface area contributed by atoms with Crippen LogP contribution in [0, 0.1) is 0 Å². The first-order valence-electron chi connectivity index (χ1n) is 9.47. The van der Waals surface area contributed by atoms with Crippen LogP contribution in [0.4, 0.5) is 5.69 Å². The molecule has 3 aromatic carbocycles. The second kappa shape index (κ2) is 10.3. The van der Waals surface area contributed by atoms with Crippen LogP contribution in [0.1, 0.15) is 35.3 Å². The molecule has 0 bridgehead atoms. The molecule has 0 aliphatic carbocycles. The Morgan fingerprint density at radius 3 is 2.37 bits per heavy atom. The Morgan fingerprint density at radius 1 is 1.00 bits per heavy atom. The topological polar surface area (TPSA) is 46.2 Å². The summed E-state index contributed by atoms with van der Waals surface area (Å²) in [6.45, 7) is 4.29. The highest BCUT2D eigenvalue weighted by atomic mass is 79.9. The fourth-order valence-corrected chi connectivity index (χ4v) is 4.36. The molecule has 0 unspecified atom stereocenters. The third-order valence-corrected chi connectivity index (χ3v) is 6.12. The molecule has 0 fully saturated rings. The van der Waals surface area contributed by atoms with Gasteiger partial charge in [-0.3, -0.25) is 9.59 Å². The molecule has 0 saturated carbocycles. The van der Waals surface area contributed by atoms with Gasteiger partial charge in [0.2, 0.25) is 5.91 Å². The largest absolute Gasteiger partial charge is 0.325 e. The summed E-state index contributed by atoms with van der Waals surface area (Å²) in [5.74, 6) is -0.429. The van der Waals surface area contributed by atoms with Crippen LogP contribution in [0.15, 0.2) is 76.1 Å². The monoisotopic (exact) mass is 501 g/mol. The van der Waals surface area contributed by atoms with Crippen LogP contribution >= 0.6 is 39.3 Å². The normalized spacial score (nSPS) is 10.8. The first kappa shape index (κ1) is 22.6. The first-order chi connectivity index (χ1) is 14.3. The Hall–Kier alpha value is -2.08. The Balaban J connectivity index is 1.77. The van der Waals surface area contributed by atoms with Crippen LogP contribution in [-0.2, 0) is 11.2 Å². The number of benzene rings is 3. The molecule has 0 radical (unpaired) electrons. The molecule has 6 heteroatoms. The van der Waals surface area contributed by atoms with Gasteiger partial charge in [-0.15, -0.1) is 11.8 Å². The van der Waals surface area contributed by atoms with Crippen LogP contribution in [-0.4, -0.2) is 16.9 Å². The van der Waals surface area contributed by atoms with E-state index in [0.717, 1.165) is 10.0 Å². The fourth-order valence-electron chi connectivity index (χ4n) is 2.94. The van der Waals surface area contributed by atoms with Crippen LogP contribution in [0.5, 0.6) is 0 Å². The van der Waals surface area contributed by atoms with Gasteiger partial charge in [-0.25, -0.2) is 0 Å². The van der Waals surface area contributed by atoms with Crippen LogP contribution < -0.4 is 5.32 Å². The maximum Gasteiger partial charge on any atom is 0.228 e. The minimum absolute atomic E-state index is 0.185. The van der Waals surface area contributed by atoms with Crippen LogP contribution in [0.2, 0.25) is 5.02 Å². The summed E-state index contributed by atoms with van der Waals surface area (Å²) in [6, 6.07) is 20.1. The molecule has 1 N–H and O–H groups in total. The van der Waals surface area contributed by atoms with E-state index in [1.54, 1.807) is 54.2 Å². The van der Waals surface area contributed by atoms with Gasteiger partial charge in [0, 0.05) is 25.7 Å². The van der Waals surface area contributed by atoms with E-state index in [2.05, 4.69) is 35.1 Å². The smallest absolute Gasteiger partial charge is 0.228 e. The predicted molar refractivity (Wildman–Crippen MR) is 129 cm³/mol. The number of carbonyl (C=O) groups is 2. The molecular formula is C24H21BrClNO2S. The minimum atomic E-state index is -0.243. The molecule has 1 amide bonds. The van der Waals surface area contributed by atoms with Crippen molar-refractivity contribution in [1.82, 2.24) is 0 Å². The second-order valence-electron chi connectivity index (χ2n) is 7.03. The number of thioether (sulfide) groups is 1. The molecular weight excluding hydrogens is 482 g/mol. The van der Waals surface area contributed by atoms with E-state index in [9.17, 15) is 9.59 Å². The lowest BCUT2D eigenvalue weighted by Gasteiger charge is -2.12. The number of nitrogens with one attached hydrogen (secondary N) is 1. The molecule has 0 aliphatic rings. The standard InChI is InChI=1S/C24H21BrClNO2S/c1-15(2)30-18-10-7-16(8-11-18)13-23(28)27-22-12-9-17(25)14-20(22)24(29)19-5-3-4-6-21(19)26/h3-12,14-15H,13H2,1-2H3,(H,27,28). The lowest BCUT2D eigenvalue weighted by atomic mass is 10.0. The second-order valence-corrected chi connectivity index (χ2v) is 10.0. The van der Waals surface area contributed by atoms with Crippen molar-refractivity contribution in [3.63, 3.8) is 0 Å². The average molecular weight is 503 g/mol. The Morgan fingerprint density at radius 2 is 1.70 bits per heavy atom. The third kappa shape index (κ3) is 5.97. The molecule has 0 aromatic heterocycles. The summed E-state index contributed by atoms with van der Waals surface area (Å²) in [7, 11) is 0. The van der Waals surface area contributed by atoms with E-state index in [0.29, 0.717) is 27.1 Å². The first-order valence-corrected chi connectivity index (χ1v) is 11.5. The molecule has 3 nitrogen and oxygen atoms in total. The van der Waals surface area contributed by atoms with E-state index < -0.39 is 0 Å². The van der Waals surface area contributed by atoms with E-state index in [4.69, 9.17) is 11.6 Å². The number of hydrogen-bond acceptors (Lipinski definition) is 3. The highest BCUT2D eigenvalue weighted by Gasteiger charge is 2.18. The zero-order chi connectivity index (χ0) is 21.7. The highest BCUT2D eigenvalue weighted by molar-refractivity contribution is 9.10. The van der Waals surface area contributed by atoms with Gasteiger partial charge in [0.15, 0.2) is 5.78 Å². The summed E-state index contributed by atoms with van der Waals surface area (Å²) >= 11 is 11.4. The summed E-state index contributed by atoms with van der Waals surface area (Å²) in [5, 5.41) is 3.75. The van der Waals surface area contributed by atoms with Gasteiger partial charge in [0.05, 0.1) is 17.1 Å². The Labute approximate surface area is 194 Å². The van der Waals surface area contributed by atoms with Crippen LogP contribution in [0.25, 0.3) is 0 Å². The minimum Gasteiger partial charge on any atom is -0.325 e. The summed E-state index contributed by atoms with van der Waals surface area (Å²) < 4.78 is 0.745. The summed E-state index contributed by atoms with van der Waals surface area (Å²) in [5.41, 5.74) is 2.15. The predicted octanol–water partition coefficient (Wildman–Crippen LogP) is 7.02. The van der Waals surface area contributed by atoms with Gasteiger partial charge in [-0.1, -0.05) is 65.6 Å². The third-order valence-electron chi connectivity index (χ3n) is 4.28. The Kier molecular flexibility index (Phi) is 7.75. The number of anilines is 1. The number of carbonyl (C=O) groups excluding carboxylic acids is 2. The van der Waals surface area contributed by atoms with Gasteiger partial charge >= 0.3 is 0 Å². The van der Waals surface area contributed by atoms with Gasteiger partial charge in [0.25, 0.3) is 0 Å². The number of halogens is 2. The van der Waals surface area contributed by atoms with E-state index >= 15 is 0 Å². The SMILES string of the molecule is CC(C)Sc1ccc(CC(=O)Nc2ccc(Br)cc2C(=O)c2ccccc2Cl)cc1. The van der Waals surface area contributed by atoms with Gasteiger partial charge in [0.1, 0.15) is 0 Å². The molecule has 154 valence electrons. The number of ketones is 1. The van der Waals surface area contributed by atoms with Gasteiger partial charge in [-0.05, 0) is 48.0 Å². The average Bonchev–Trinajstić information content (AvgIpc) is 2.70. The Bertz CT molecular complexity index is 1070. The fraction of sp³-hybridized carbons (Fsp3) is 0.167. The van der Waals surface area contributed by atoms with Crippen molar-refractivity contribution >= 4 is 56.7 Å². The van der Waals surface area contributed by atoms with Crippen molar-refractivity contribution < 1.29 is 9.59 Å². The maximum absolute atomic E-state index is 13.0. The van der Waals surface area contributed by atoms with E-state index in [1.807, 2.05) is 24.3 Å². The number of amides is 1. The quantitative estimate of drug-likeness (QED) is 0.279. The lowest BCUT2D eigenvalue weighted by Crippen LogP contribution is -2.17. The number of hydrogen-bond donors (Lipinski definition) is 1. The summed E-state index contributed by atoms with van der Waals surface area (Å²) in [6.07, 6.45) is 0.225. The van der Waals surface area contributed by atoms with Gasteiger partial charge in [-0.2, -0.15) is 0 Å². The molecule has 0 spiro atoms. The molecule has 0 heterocycles. The maximum atomic E-state index is 13.0. The zero-order valence-electron chi connectivity index (χ0n) is 16.6. The molecule has 30 heavy (non-hydrogen) atoms. The molecule has 0 aliphatic heterocycles. The van der Waals surface area contributed by atoms with Gasteiger partial charge < -0.3 is 5.32 Å². The van der Waals surface area contributed by atoms with Crippen molar-refractivity contribution in [1.29, 1.82) is 0 Å². The lowest BCUT2D eigenvalue weighted by molar-refractivity contribution is -0.115. The van der Waals surface area contributed by atoms with E-state index in [-0.39, 0.29) is 18.1 Å². The molecule has 3 aromatic rings. The summed E-state index contributed by atoms with van der Waals surface area (Å²) in [4.78, 5) is 26.9. The van der Waals surface area contributed by atoms with Crippen LogP contribution in [0.3, 0.4) is 0 Å². The highest BCUT2D eigenvalue weighted by Crippen LogP contribution is 2.27. The number of rotatable bonds is 7. The molecule has 0 saturated heterocycles. The van der Waals surface area contributed by atoms with Crippen molar-refractivity contribution in [3.05, 3.63) is 92.9 Å². The van der Waals surface area contributed by atoms with Crippen molar-refractivity contribution in [3.8, 4) is 0 Å². The molecule has 0 atom stereocenters. The zero-order valence-corrected chi connectivity index (χ0v) is 19.8. The van der Waals surface area contributed by atoms with Crippen molar-refractivity contribution in [2.24, 2.45) is 0 Å². The van der Waals surface area contributed by atoms with Crippen molar-refractivity contribution in [2.75, 3.05) is 5.32 Å². The van der Waals surface area contributed by atoms with Crippen molar-refractivity contribution in [2.45, 2.75) is 30.4 Å². The van der Waals surface area contributed by atoms with E-state index in [1.165, 1.54) is 4.90 Å². The molecule has 3 rings (SSSR count).